The Bertz CT molecular complexity index is 1010. The summed E-state index contributed by atoms with van der Waals surface area (Å²) in [5.74, 6) is -0.232. The summed E-state index contributed by atoms with van der Waals surface area (Å²) in [7, 11) is 3.23. The van der Waals surface area contributed by atoms with Gasteiger partial charge in [-0.25, -0.2) is 9.78 Å². The summed E-state index contributed by atoms with van der Waals surface area (Å²) < 4.78 is 11.6. The van der Waals surface area contributed by atoms with Crippen LogP contribution in [0.25, 0.3) is 16.3 Å². The zero-order valence-electron chi connectivity index (χ0n) is 16.5. The van der Waals surface area contributed by atoms with Crippen LogP contribution in [0.1, 0.15) is 17.5 Å². The van der Waals surface area contributed by atoms with Crippen LogP contribution in [-0.4, -0.2) is 42.0 Å². The molecule has 0 saturated carbocycles. The third kappa shape index (κ3) is 5.20. The van der Waals surface area contributed by atoms with Crippen LogP contribution in [0.15, 0.2) is 54.6 Å². The summed E-state index contributed by atoms with van der Waals surface area (Å²) in [6.07, 6.45) is 1.99. The maximum absolute atomic E-state index is 12.6. The standard InChI is InChI=1S/C22H22N2O4S/c1-15(28-21(25)13-12-16-8-4-6-10-18(16)27-3)22(26)24(2)14-20-23-17-9-5-7-11-19(17)29-20/h4-13,15H,14H2,1-3H3/b13-12+. The van der Waals surface area contributed by atoms with E-state index in [0.29, 0.717) is 12.3 Å². The molecule has 1 aromatic heterocycles. The van der Waals surface area contributed by atoms with E-state index in [4.69, 9.17) is 9.47 Å². The van der Waals surface area contributed by atoms with Gasteiger partial charge in [-0.1, -0.05) is 30.3 Å². The molecule has 150 valence electrons. The molecule has 0 bridgehead atoms. The van der Waals surface area contributed by atoms with Gasteiger partial charge < -0.3 is 14.4 Å². The number of para-hydroxylation sites is 2. The highest BCUT2D eigenvalue weighted by Crippen LogP contribution is 2.22. The molecule has 3 aromatic rings. The largest absolute Gasteiger partial charge is 0.496 e. The number of nitrogens with zero attached hydrogens (tertiary/aromatic N) is 2. The van der Waals surface area contributed by atoms with E-state index in [1.54, 1.807) is 44.6 Å². The lowest BCUT2D eigenvalue weighted by Gasteiger charge is -2.20. The Balaban J connectivity index is 1.57. The second-order valence-corrected chi connectivity index (χ2v) is 7.54. The fraction of sp³-hybridized carbons (Fsp3) is 0.227. The number of carbonyl (C=O) groups is 2. The lowest BCUT2D eigenvalue weighted by Crippen LogP contribution is -2.36. The van der Waals surface area contributed by atoms with Crippen molar-refractivity contribution in [3.63, 3.8) is 0 Å². The number of likely N-dealkylation sites (N-methyl/N-ethyl adjacent to an activating group) is 1. The van der Waals surface area contributed by atoms with Crippen molar-refractivity contribution >= 4 is 39.5 Å². The number of amides is 1. The fourth-order valence-corrected chi connectivity index (χ4v) is 3.83. The number of rotatable bonds is 7. The molecule has 29 heavy (non-hydrogen) atoms. The highest BCUT2D eigenvalue weighted by molar-refractivity contribution is 7.18. The maximum Gasteiger partial charge on any atom is 0.331 e. The van der Waals surface area contributed by atoms with Gasteiger partial charge in [0.2, 0.25) is 0 Å². The number of hydrogen-bond acceptors (Lipinski definition) is 6. The molecule has 0 N–H and O–H groups in total. The Labute approximate surface area is 173 Å². The van der Waals surface area contributed by atoms with Gasteiger partial charge in [-0.15, -0.1) is 11.3 Å². The Kier molecular flexibility index (Phi) is 6.61. The van der Waals surface area contributed by atoms with Crippen LogP contribution >= 0.6 is 11.3 Å². The molecule has 1 amide bonds. The molecule has 0 aliphatic carbocycles. The first kappa shape index (κ1) is 20.5. The number of benzene rings is 2. The summed E-state index contributed by atoms with van der Waals surface area (Å²) in [5, 5.41) is 0.830. The first-order valence-corrected chi connectivity index (χ1v) is 9.90. The molecule has 3 rings (SSSR count). The van der Waals surface area contributed by atoms with Crippen molar-refractivity contribution in [2.24, 2.45) is 0 Å². The van der Waals surface area contributed by atoms with Crippen LogP contribution < -0.4 is 4.74 Å². The second kappa shape index (κ2) is 9.34. The molecular formula is C22H22N2O4S. The van der Waals surface area contributed by atoms with Gasteiger partial charge in [0.25, 0.3) is 5.91 Å². The van der Waals surface area contributed by atoms with Crippen molar-refractivity contribution in [3.05, 3.63) is 65.2 Å². The van der Waals surface area contributed by atoms with Crippen molar-refractivity contribution in [3.8, 4) is 5.75 Å². The highest BCUT2D eigenvalue weighted by atomic mass is 32.1. The first-order valence-electron chi connectivity index (χ1n) is 9.09. The number of methoxy groups -OCH3 is 1. The summed E-state index contributed by atoms with van der Waals surface area (Å²) in [4.78, 5) is 30.7. The minimum Gasteiger partial charge on any atom is -0.496 e. The van der Waals surface area contributed by atoms with Gasteiger partial charge in [0.1, 0.15) is 10.8 Å². The van der Waals surface area contributed by atoms with E-state index >= 15 is 0 Å². The van der Waals surface area contributed by atoms with Crippen LogP contribution in [-0.2, 0) is 20.9 Å². The average molecular weight is 410 g/mol. The summed E-state index contributed by atoms with van der Waals surface area (Å²) in [6.45, 7) is 1.92. The smallest absolute Gasteiger partial charge is 0.331 e. The molecule has 6 nitrogen and oxygen atoms in total. The molecule has 7 heteroatoms. The Morgan fingerprint density at radius 2 is 1.90 bits per heavy atom. The molecule has 0 saturated heterocycles. The second-order valence-electron chi connectivity index (χ2n) is 6.42. The quantitative estimate of drug-likeness (QED) is 0.436. The zero-order chi connectivity index (χ0) is 20.8. The molecule has 0 fully saturated rings. The molecule has 0 aliphatic heterocycles. The van der Waals surface area contributed by atoms with Crippen molar-refractivity contribution in [2.45, 2.75) is 19.6 Å². The lowest BCUT2D eigenvalue weighted by atomic mass is 10.2. The predicted octanol–water partition coefficient (Wildman–Crippen LogP) is 3.91. The SMILES string of the molecule is COc1ccccc1/C=C/C(=O)OC(C)C(=O)N(C)Cc1nc2ccccc2s1. The van der Waals surface area contributed by atoms with Crippen LogP contribution in [0.5, 0.6) is 5.75 Å². The normalized spacial score (nSPS) is 12.1. The molecule has 0 aliphatic rings. The maximum atomic E-state index is 12.6. The molecular weight excluding hydrogens is 388 g/mol. The fourth-order valence-electron chi connectivity index (χ4n) is 2.80. The Morgan fingerprint density at radius 3 is 2.66 bits per heavy atom. The predicted molar refractivity (Wildman–Crippen MR) is 114 cm³/mol. The van der Waals surface area contributed by atoms with Gasteiger partial charge in [0.15, 0.2) is 6.10 Å². The van der Waals surface area contributed by atoms with Crippen LogP contribution in [0.4, 0.5) is 0 Å². The molecule has 1 heterocycles. The zero-order valence-corrected chi connectivity index (χ0v) is 17.3. The summed E-state index contributed by atoms with van der Waals surface area (Å²) >= 11 is 1.54. The first-order chi connectivity index (χ1) is 14.0. The number of ether oxygens (including phenoxy) is 2. The van der Waals surface area contributed by atoms with E-state index in [1.807, 2.05) is 42.5 Å². The summed E-state index contributed by atoms with van der Waals surface area (Å²) in [6, 6.07) is 15.1. The van der Waals surface area contributed by atoms with Crippen molar-refractivity contribution < 1.29 is 19.1 Å². The van der Waals surface area contributed by atoms with Crippen molar-refractivity contribution in [1.29, 1.82) is 0 Å². The Morgan fingerprint density at radius 1 is 1.17 bits per heavy atom. The van der Waals surface area contributed by atoms with Crippen LogP contribution in [0.2, 0.25) is 0 Å². The molecule has 0 radical (unpaired) electrons. The van der Waals surface area contributed by atoms with E-state index in [9.17, 15) is 9.59 Å². The molecule has 1 unspecified atom stereocenters. The van der Waals surface area contributed by atoms with E-state index in [1.165, 1.54) is 11.0 Å². The number of fused-ring (bicyclic) bond motifs is 1. The van der Waals surface area contributed by atoms with Gasteiger partial charge in [-0.2, -0.15) is 0 Å². The number of thiazole rings is 1. The van der Waals surface area contributed by atoms with Gasteiger partial charge in [-0.3, -0.25) is 4.79 Å². The number of aromatic nitrogens is 1. The minimum atomic E-state index is -0.899. The third-order valence-corrected chi connectivity index (χ3v) is 5.29. The van der Waals surface area contributed by atoms with Crippen molar-refractivity contribution in [2.75, 3.05) is 14.2 Å². The van der Waals surface area contributed by atoms with Gasteiger partial charge >= 0.3 is 5.97 Å². The monoisotopic (exact) mass is 410 g/mol. The molecule has 2 aromatic carbocycles. The topological polar surface area (TPSA) is 68.7 Å². The van der Waals surface area contributed by atoms with Gasteiger partial charge in [0, 0.05) is 18.7 Å². The van der Waals surface area contributed by atoms with E-state index in [-0.39, 0.29) is 5.91 Å². The lowest BCUT2D eigenvalue weighted by molar-refractivity contribution is -0.154. The highest BCUT2D eigenvalue weighted by Gasteiger charge is 2.21. The van der Waals surface area contributed by atoms with E-state index in [2.05, 4.69) is 4.98 Å². The van der Waals surface area contributed by atoms with E-state index < -0.39 is 12.1 Å². The van der Waals surface area contributed by atoms with Crippen LogP contribution in [0.3, 0.4) is 0 Å². The van der Waals surface area contributed by atoms with Gasteiger partial charge in [0.05, 0.1) is 23.9 Å². The van der Waals surface area contributed by atoms with Gasteiger partial charge in [-0.05, 0) is 31.2 Å². The minimum absolute atomic E-state index is 0.289. The van der Waals surface area contributed by atoms with E-state index in [0.717, 1.165) is 20.8 Å². The number of hydrogen-bond donors (Lipinski definition) is 0. The average Bonchev–Trinajstić information content (AvgIpc) is 3.13. The Hall–Kier alpha value is -3.19. The van der Waals surface area contributed by atoms with Crippen molar-refractivity contribution in [1.82, 2.24) is 9.88 Å². The number of esters is 1. The molecule has 1 atom stereocenters. The summed E-state index contributed by atoms with van der Waals surface area (Å²) in [5.41, 5.74) is 1.66. The molecule has 0 spiro atoms. The van der Waals surface area contributed by atoms with Crippen LogP contribution in [0, 0.1) is 0 Å². The number of carbonyl (C=O) groups excluding carboxylic acids is 2. The third-order valence-electron chi connectivity index (χ3n) is 4.27.